The molecule has 0 aromatic heterocycles. The van der Waals surface area contributed by atoms with E-state index >= 15 is 0 Å². The standard InChI is InChI=1S/C9H9Cl3N2O2/c10-9(11,12)6-16-8(15)14-13-7-4-2-1-3-5-7/h1-5,13H,6H2,(H,14,15). The largest absolute Gasteiger partial charge is 0.444 e. The fraction of sp³-hybridized carbons (Fsp3) is 0.222. The number of hydrogen-bond acceptors (Lipinski definition) is 3. The molecule has 0 aliphatic carbocycles. The summed E-state index contributed by atoms with van der Waals surface area (Å²) in [7, 11) is 0. The van der Waals surface area contributed by atoms with Crippen molar-refractivity contribution in [2.75, 3.05) is 12.0 Å². The van der Waals surface area contributed by atoms with Crippen LogP contribution < -0.4 is 10.9 Å². The van der Waals surface area contributed by atoms with Crippen molar-refractivity contribution in [2.45, 2.75) is 3.79 Å². The van der Waals surface area contributed by atoms with Gasteiger partial charge in [0, 0.05) is 0 Å². The Kier molecular flexibility index (Phi) is 4.99. The molecule has 2 N–H and O–H groups in total. The van der Waals surface area contributed by atoms with E-state index < -0.39 is 9.89 Å². The molecule has 0 atom stereocenters. The molecule has 1 aromatic rings. The number of hydrazine groups is 1. The van der Waals surface area contributed by atoms with E-state index in [1.54, 1.807) is 12.1 Å². The zero-order valence-electron chi connectivity index (χ0n) is 8.04. The van der Waals surface area contributed by atoms with Crippen LogP contribution in [0, 0.1) is 0 Å². The summed E-state index contributed by atoms with van der Waals surface area (Å²) in [6.07, 6.45) is -0.727. The fourth-order valence-corrected chi connectivity index (χ4v) is 0.992. The number of rotatable bonds is 3. The minimum atomic E-state index is -1.61. The van der Waals surface area contributed by atoms with Crippen molar-refractivity contribution in [2.24, 2.45) is 0 Å². The molecule has 1 amide bonds. The molecule has 1 aromatic carbocycles. The molecule has 0 saturated heterocycles. The lowest BCUT2D eigenvalue weighted by atomic mass is 10.3. The van der Waals surface area contributed by atoms with Crippen LogP contribution in [-0.4, -0.2) is 16.5 Å². The first kappa shape index (κ1) is 13.2. The first-order valence-electron chi connectivity index (χ1n) is 4.28. The van der Waals surface area contributed by atoms with Gasteiger partial charge in [-0.2, -0.15) is 0 Å². The third-order valence-corrected chi connectivity index (χ3v) is 1.78. The maximum absolute atomic E-state index is 11.1. The van der Waals surface area contributed by atoms with Crippen molar-refractivity contribution in [1.82, 2.24) is 5.43 Å². The molecule has 4 nitrogen and oxygen atoms in total. The third kappa shape index (κ3) is 5.90. The fourth-order valence-electron chi connectivity index (χ4n) is 0.828. The first-order valence-corrected chi connectivity index (χ1v) is 5.41. The number of benzene rings is 1. The van der Waals surface area contributed by atoms with Gasteiger partial charge < -0.3 is 4.74 Å². The van der Waals surface area contributed by atoms with Crippen LogP contribution in [0.15, 0.2) is 30.3 Å². The second kappa shape index (κ2) is 6.03. The summed E-state index contributed by atoms with van der Waals surface area (Å²) < 4.78 is 3.01. The molecule has 1 rings (SSSR count). The molecule has 0 aliphatic rings. The average molecular weight is 284 g/mol. The Bertz CT molecular complexity index is 340. The van der Waals surface area contributed by atoms with E-state index in [4.69, 9.17) is 34.8 Å². The van der Waals surface area contributed by atoms with Crippen molar-refractivity contribution in [1.29, 1.82) is 0 Å². The van der Waals surface area contributed by atoms with Crippen molar-refractivity contribution >= 4 is 46.6 Å². The Hall–Kier alpha value is -0.840. The minimum Gasteiger partial charge on any atom is -0.444 e. The highest BCUT2D eigenvalue weighted by atomic mass is 35.6. The third-order valence-electron chi connectivity index (χ3n) is 1.45. The number of alkyl halides is 3. The number of nitrogens with one attached hydrogen (secondary N) is 2. The average Bonchev–Trinajstić information content (AvgIpc) is 2.24. The lowest BCUT2D eigenvalue weighted by Crippen LogP contribution is -2.32. The molecule has 7 heteroatoms. The summed E-state index contributed by atoms with van der Waals surface area (Å²) in [6, 6.07) is 9.03. The Labute approximate surface area is 108 Å². The number of para-hydroxylation sites is 1. The monoisotopic (exact) mass is 282 g/mol. The zero-order chi connectivity index (χ0) is 12.0. The van der Waals surface area contributed by atoms with Crippen LogP contribution in [0.2, 0.25) is 0 Å². The number of anilines is 1. The van der Waals surface area contributed by atoms with E-state index in [0.717, 1.165) is 0 Å². The topological polar surface area (TPSA) is 50.4 Å². The van der Waals surface area contributed by atoms with Gasteiger partial charge in [0.1, 0.15) is 6.61 Å². The Morgan fingerprint density at radius 2 is 1.88 bits per heavy atom. The van der Waals surface area contributed by atoms with E-state index in [0.29, 0.717) is 5.69 Å². The summed E-state index contributed by atoms with van der Waals surface area (Å²) in [5.74, 6) is 0. The number of ether oxygens (including phenoxy) is 1. The summed E-state index contributed by atoms with van der Waals surface area (Å²) in [4.78, 5) is 11.1. The second-order valence-electron chi connectivity index (χ2n) is 2.81. The van der Waals surface area contributed by atoms with Gasteiger partial charge in [-0.15, -0.1) is 0 Å². The Balaban J connectivity index is 2.26. The highest BCUT2D eigenvalue weighted by Crippen LogP contribution is 2.25. The second-order valence-corrected chi connectivity index (χ2v) is 5.32. The van der Waals surface area contributed by atoms with Crippen LogP contribution >= 0.6 is 34.8 Å². The maximum atomic E-state index is 11.1. The lowest BCUT2D eigenvalue weighted by Gasteiger charge is -2.12. The zero-order valence-corrected chi connectivity index (χ0v) is 10.3. The van der Waals surface area contributed by atoms with Crippen molar-refractivity contribution in [3.8, 4) is 0 Å². The number of carbonyl (C=O) groups excluding carboxylic acids is 1. The van der Waals surface area contributed by atoms with E-state index in [9.17, 15) is 4.79 Å². The van der Waals surface area contributed by atoms with Crippen LogP contribution in [0.25, 0.3) is 0 Å². The highest BCUT2D eigenvalue weighted by molar-refractivity contribution is 6.67. The predicted octanol–water partition coefficient (Wildman–Crippen LogP) is 3.11. The number of carbonyl (C=O) groups is 1. The summed E-state index contributed by atoms with van der Waals surface area (Å²) in [6.45, 7) is -0.319. The van der Waals surface area contributed by atoms with Gasteiger partial charge in [-0.25, -0.2) is 10.2 Å². The maximum Gasteiger partial charge on any atom is 0.426 e. The lowest BCUT2D eigenvalue weighted by molar-refractivity contribution is 0.150. The van der Waals surface area contributed by atoms with Crippen molar-refractivity contribution in [3.63, 3.8) is 0 Å². The van der Waals surface area contributed by atoms with E-state index in [2.05, 4.69) is 15.6 Å². The van der Waals surface area contributed by atoms with Crippen LogP contribution in [0.4, 0.5) is 10.5 Å². The quantitative estimate of drug-likeness (QED) is 0.662. The van der Waals surface area contributed by atoms with E-state index in [-0.39, 0.29) is 6.61 Å². The number of halogens is 3. The summed E-state index contributed by atoms with van der Waals surface area (Å²) >= 11 is 16.2. The van der Waals surface area contributed by atoms with E-state index in [1.165, 1.54) is 0 Å². The number of hydrogen-bond donors (Lipinski definition) is 2. The van der Waals surface area contributed by atoms with Gasteiger partial charge in [-0.3, -0.25) is 5.43 Å². The Morgan fingerprint density at radius 1 is 1.25 bits per heavy atom. The molecule has 0 radical (unpaired) electrons. The first-order chi connectivity index (χ1) is 7.47. The molecule has 0 aliphatic heterocycles. The molecule has 0 unspecified atom stereocenters. The van der Waals surface area contributed by atoms with Gasteiger partial charge in [-0.1, -0.05) is 53.0 Å². The molecule has 16 heavy (non-hydrogen) atoms. The molecule has 0 fully saturated rings. The van der Waals surface area contributed by atoms with Gasteiger partial charge >= 0.3 is 6.09 Å². The molecular formula is C9H9Cl3N2O2. The predicted molar refractivity (Wildman–Crippen MR) is 64.8 cm³/mol. The molecule has 0 saturated carbocycles. The number of amides is 1. The normalized spacial score (nSPS) is 10.7. The van der Waals surface area contributed by atoms with Crippen LogP contribution in [0.1, 0.15) is 0 Å². The van der Waals surface area contributed by atoms with Crippen molar-refractivity contribution < 1.29 is 9.53 Å². The molecule has 88 valence electrons. The minimum absolute atomic E-state index is 0.319. The van der Waals surface area contributed by atoms with Crippen LogP contribution in [-0.2, 0) is 4.74 Å². The SMILES string of the molecule is O=C(NNc1ccccc1)OCC(Cl)(Cl)Cl. The van der Waals surface area contributed by atoms with Gasteiger partial charge in [0.25, 0.3) is 0 Å². The highest BCUT2D eigenvalue weighted by Gasteiger charge is 2.21. The summed E-state index contributed by atoms with van der Waals surface area (Å²) in [5, 5.41) is 0. The van der Waals surface area contributed by atoms with Crippen LogP contribution in [0.3, 0.4) is 0 Å². The van der Waals surface area contributed by atoms with Gasteiger partial charge in [0.15, 0.2) is 0 Å². The van der Waals surface area contributed by atoms with Crippen LogP contribution in [0.5, 0.6) is 0 Å². The van der Waals surface area contributed by atoms with Gasteiger partial charge in [0.05, 0.1) is 5.69 Å². The Morgan fingerprint density at radius 3 is 2.44 bits per heavy atom. The molecular weight excluding hydrogens is 274 g/mol. The molecule has 0 heterocycles. The summed E-state index contributed by atoms with van der Waals surface area (Å²) in [5.41, 5.74) is 5.63. The smallest absolute Gasteiger partial charge is 0.426 e. The van der Waals surface area contributed by atoms with Crippen molar-refractivity contribution in [3.05, 3.63) is 30.3 Å². The van der Waals surface area contributed by atoms with E-state index in [1.807, 2.05) is 18.2 Å². The molecule has 0 spiro atoms. The van der Waals surface area contributed by atoms with Gasteiger partial charge in [0.2, 0.25) is 3.79 Å². The molecule has 0 bridgehead atoms. The van der Waals surface area contributed by atoms with Gasteiger partial charge in [-0.05, 0) is 12.1 Å².